The Hall–Kier alpha value is -6.37. The van der Waals surface area contributed by atoms with Gasteiger partial charge in [0, 0.05) is 53.2 Å². The highest BCUT2D eigenvalue weighted by atomic mass is 32.1. The van der Waals surface area contributed by atoms with Crippen molar-refractivity contribution in [2.45, 2.75) is 0 Å². The van der Waals surface area contributed by atoms with Crippen LogP contribution in [0.15, 0.2) is 140 Å². The highest BCUT2D eigenvalue weighted by molar-refractivity contribution is 7.25. The maximum atomic E-state index is 6.64. The van der Waals surface area contributed by atoms with Gasteiger partial charge >= 0.3 is 0 Å². The number of aromatic nitrogens is 3. The molecule has 0 spiro atoms. The van der Waals surface area contributed by atoms with Crippen molar-refractivity contribution in [1.29, 1.82) is 0 Å². The van der Waals surface area contributed by atoms with Crippen LogP contribution in [0.3, 0.4) is 0 Å². The lowest BCUT2D eigenvalue weighted by atomic mass is 9.60. The average Bonchev–Trinajstić information content (AvgIpc) is 3.63. The highest BCUT2D eigenvalue weighted by Crippen LogP contribution is 2.52. The van der Waals surface area contributed by atoms with Gasteiger partial charge in [-0.1, -0.05) is 108 Å². The summed E-state index contributed by atoms with van der Waals surface area (Å²) in [7, 11) is 32.3. The third-order valence-electron chi connectivity index (χ3n) is 11.1. The number of anilines is 3. The van der Waals surface area contributed by atoms with Gasteiger partial charge in [-0.2, -0.15) is 0 Å². The number of benzene rings is 8. The molecule has 1 aliphatic heterocycles. The van der Waals surface area contributed by atoms with Gasteiger partial charge in [-0.05, 0) is 58.8 Å². The SMILES string of the molecule is [B]c1c([B])c([B])c(-c2nc(-c3ccc4sc5ccccc5c4c3)nc(-c3cccc4c(N5c6ccccc6-c6cccc7cccc5c67)cccc34)n2)c([B])c1[B]. The largest absolute Gasteiger partial charge is 0.309 e. The van der Waals surface area contributed by atoms with Crippen LogP contribution in [-0.4, -0.2) is 54.2 Å². The zero-order chi connectivity index (χ0) is 38.5. The summed E-state index contributed by atoms with van der Waals surface area (Å²) in [6.45, 7) is 0. The molecule has 252 valence electrons. The molecule has 0 bridgehead atoms. The lowest BCUT2D eigenvalue weighted by molar-refractivity contribution is 1.08. The first-order valence-electron chi connectivity index (χ1n) is 18.5. The first kappa shape index (κ1) is 33.9. The van der Waals surface area contributed by atoms with Crippen molar-refractivity contribution >= 4 is 137 Å². The van der Waals surface area contributed by atoms with E-state index in [2.05, 4.69) is 126 Å². The van der Waals surface area contributed by atoms with E-state index in [0.717, 1.165) is 44.3 Å². The molecule has 0 N–H and O–H groups in total. The fraction of sp³-hybridized carbons (Fsp3) is 0. The van der Waals surface area contributed by atoms with Crippen LogP contribution in [0.4, 0.5) is 17.1 Å². The Bertz CT molecular complexity index is 3310. The van der Waals surface area contributed by atoms with Crippen LogP contribution in [0.25, 0.3) is 87.0 Å². The van der Waals surface area contributed by atoms with E-state index < -0.39 is 0 Å². The number of hydrogen-bond acceptors (Lipinski definition) is 5. The molecule has 0 unspecified atom stereocenters. The van der Waals surface area contributed by atoms with Gasteiger partial charge in [0.05, 0.1) is 17.1 Å². The zero-order valence-corrected chi connectivity index (χ0v) is 31.2. The second kappa shape index (κ2) is 12.8. The van der Waals surface area contributed by atoms with Crippen LogP contribution in [0.5, 0.6) is 0 Å². The predicted molar refractivity (Wildman–Crippen MR) is 245 cm³/mol. The maximum Gasteiger partial charge on any atom is 0.164 e. The molecule has 0 saturated carbocycles. The fourth-order valence-electron chi connectivity index (χ4n) is 8.39. The molecule has 10 radical (unpaired) electrons. The Morgan fingerprint density at radius 2 is 0.982 bits per heavy atom. The number of thiophene rings is 1. The Kier molecular flexibility index (Phi) is 7.64. The second-order valence-corrected chi connectivity index (χ2v) is 15.4. The van der Waals surface area contributed by atoms with Crippen LogP contribution < -0.4 is 32.2 Å². The summed E-state index contributed by atoms with van der Waals surface area (Å²) >= 11 is 1.75. The summed E-state index contributed by atoms with van der Waals surface area (Å²) in [4.78, 5) is 17.6. The molecule has 4 nitrogen and oxygen atoms in total. The van der Waals surface area contributed by atoms with Crippen molar-refractivity contribution in [2.24, 2.45) is 0 Å². The van der Waals surface area contributed by atoms with E-state index in [1.807, 2.05) is 18.2 Å². The molecule has 0 fully saturated rings. The lowest BCUT2D eigenvalue weighted by Gasteiger charge is -2.34. The number of para-hydroxylation sites is 1. The van der Waals surface area contributed by atoms with Gasteiger partial charge in [0.25, 0.3) is 0 Å². The minimum Gasteiger partial charge on any atom is -0.309 e. The van der Waals surface area contributed by atoms with Crippen LogP contribution in [0.1, 0.15) is 0 Å². The summed E-state index contributed by atoms with van der Waals surface area (Å²) in [5.41, 5.74) is 8.24. The van der Waals surface area contributed by atoms with E-state index >= 15 is 0 Å². The van der Waals surface area contributed by atoms with Crippen molar-refractivity contribution in [3.05, 3.63) is 140 Å². The van der Waals surface area contributed by atoms with Gasteiger partial charge in [0.1, 0.15) is 39.2 Å². The molecule has 11 rings (SSSR count). The van der Waals surface area contributed by atoms with Crippen LogP contribution >= 0.6 is 11.3 Å². The monoisotopic (exact) mass is 730 g/mol. The van der Waals surface area contributed by atoms with Gasteiger partial charge < -0.3 is 4.90 Å². The molecule has 0 aliphatic carbocycles. The number of hydrogen-bond donors (Lipinski definition) is 0. The molecular weight excluding hydrogens is 707 g/mol. The molecule has 10 heteroatoms. The van der Waals surface area contributed by atoms with Crippen LogP contribution in [0.2, 0.25) is 0 Å². The van der Waals surface area contributed by atoms with E-state index in [-0.39, 0.29) is 33.1 Å². The van der Waals surface area contributed by atoms with Gasteiger partial charge in [0.2, 0.25) is 0 Å². The molecule has 10 aromatic rings. The van der Waals surface area contributed by atoms with Gasteiger partial charge in [0.15, 0.2) is 17.5 Å². The van der Waals surface area contributed by atoms with E-state index in [9.17, 15) is 0 Å². The summed E-state index contributed by atoms with van der Waals surface area (Å²) in [6, 6.07) is 48.8. The van der Waals surface area contributed by atoms with E-state index in [1.165, 1.54) is 36.7 Å². The first-order valence-corrected chi connectivity index (χ1v) is 19.3. The Balaban J connectivity index is 1.16. The lowest BCUT2D eigenvalue weighted by Crippen LogP contribution is -2.55. The first-order chi connectivity index (χ1) is 27.9. The number of rotatable bonds is 4. The molecule has 0 amide bonds. The Morgan fingerprint density at radius 3 is 1.84 bits per heavy atom. The predicted octanol–water partition coefficient (Wildman–Crippen LogP) is 6.97. The van der Waals surface area contributed by atoms with Crippen molar-refractivity contribution < 1.29 is 0 Å². The molecule has 0 saturated heterocycles. The van der Waals surface area contributed by atoms with E-state index in [4.69, 9.17) is 54.2 Å². The van der Waals surface area contributed by atoms with Crippen LogP contribution in [-0.2, 0) is 0 Å². The van der Waals surface area contributed by atoms with Gasteiger partial charge in [-0.25, -0.2) is 15.0 Å². The summed E-state index contributed by atoms with van der Waals surface area (Å²) in [6.07, 6.45) is 0. The standard InChI is InChI=1S/C47H23B5N4S/c48-40-39(41(49)43(51)44(52)42(40)50)47-54-45(25-21-22-37-32(23-25)29-12-2-4-20-36(29)57-37)53-46(55-47)31-16-7-14-27-26(31)13-8-18-34(27)56-33-17-3-1-11-28(33)30-15-5-9-24-10-6-19-35(56)38(24)30/h1-23H. The zero-order valence-electron chi connectivity index (χ0n) is 30.4. The Morgan fingerprint density at radius 1 is 0.404 bits per heavy atom. The number of nitrogens with zero attached hydrogens (tertiary/aromatic N) is 4. The summed E-state index contributed by atoms with van der Waals surface area (Å²) < 4.78 is 2.37. The minimum absolute atomic E-state index is 0.122. The van der Waals surface area contributed by atoms with Gasteiger partial charge in [-0.15, -0.1) is 27.7 Å². The fourth-order valence-corrected chi connectivity index (χ4v) is 9.48. The quantitative estimate of drug-likeness (QED) is 0.184. The van der Waals surface area contributed by atoms with Crippen molar-refractivity contribution in [3.63, 3.8) is 0 Å². The minimum atomic E-state index is 0.122. The third-order valence-corrected chi connectivity index (χ3v) is 12.3. The summed E-state index contributed by atoms with van der Waals surface area (Å²) in [5.74, 6) is 1.12. The molecule has 0 atom stereocenters. The molecule has 1 aliphatic rings. The molecule has 57 heavy (non-hydrogen) atoms. The van der Waals surface area contributed by atoms with E-state index in [0.29, 0.717) is 17.2 Å². The smallest absolute Gasteiger partial charge is 0.164 e. The van der Waals surface area contributed by atoms with Crippen LogP contribution in [0, 0.1) is 0 Å². The van der Waals surface area contributed by atoms with Crippen molar-refractivity contribution in [2.75, 3.05) is 4.90 Å². The second-order valence-electron chi connectivity index (χ2n) is 14.3. The molecular formula is C47H23B5N4S. The molecule has 8 aromatic carbocycles. The van der Waals surface area contributed by atoms with Gasteiger partial charge in [-0.3, -0.25) is 0 Å². The third kappa shape index (κ3) is 5.10. The van der Waals surface area contributed by atoms with Crippen molar-refractivity contribution in [3.8, 4) is 45.3 Å². The Labute approximate surface area is 339 Å². The van der Waals surface area contributed by atoms with E-state index in [1.54, 1.807) is 11.3 Å². The maximum absolute atomic E-state index is 6.64. The average molecular weight is 730 g/mol. The highest BCUT2D eigenvalue weighted by Gasteiger charge is 2.27. The normalized spacial score (nSPS) is 12.2. The molecule has 3 heterocycles. The van der Waals surface area contributed by atoms with Crippen molar-refractivity contribution in [1.82, 2.24) is 15.0 Å². The topological polar surface area (TPSA) is 41.9 Å². The summed E-state index contributed by atoms with van der Waals surface area (Å²) in [5, 5.41) is 6.66. The number of fused-ring (bicyclic) bond motifs is 6. The molecule has 2 aromatic heterocycles.